The summed E-state index contributed by atoms with van der Waals surface area (Å²) in [7, 11) is 0. The second-order valence-corrected chi connectivity index (χ2v) is 5.30. The average molecular weight is 210 g/mol. The van der Waals surface area contributed by atoms with Crippen molar-refractivity contribution in [3.05, 3.63) is 0 Å². The van der Waals surface area contributed by atoms with Gasteiger partial charge in [-0.05, 0) is 31.6 Å². The second-order valence-electron chi connectivity index (χ2n) is 5.30. The molecule has 3 fully saturated rings. The normalized spacial score (nSPS) is 29.4. The molecule has 0 unspecified atom stereocenters. The molecule has 2 aliphatic heterocycles. The van der Waals surface area contributed by atoms with Gasteiger partial charge in [-0.25, -0.2) is 0 Å². The molecule has 0 spiro atoms. The minimum Gasteiger partial charge on any atom is -0.381 e. The number of hydrogen-bond donors (Lipinski definition) is 1. The van der Waals surface area contributed by atoms with Gasteiger partial charge in [0.1, 0.15) is 0 Å². The highest BCUT2D eigenvalue weighted by molar-refractivity contribution is 4.92. The molecule has 1 aliphatic carbocycles. The lowest BCUT2D eigenvalue weighted by Gasteiger charge is -2.44. The fourth-order valence-electron chi connectivity index (χ4n) is 2.72. The van der Waals surface area contributed by atoms with Crippen molar-refractivity contribution in [2.24, 2.45) is 5.92 Å². The van der Waals surface area contributed by atoms with Crippen molar-refractivity contribution in [1.82, 2.24) is 10.2 Å². The standard InChI is InChI=1S/C12H22N2O/c1-2-10(1)9-14(12-7-13-8-12)11-3-5-15-6-4-11/h10-13H,1-9H2. The summed E-state index contributed by atoms with van der Waals surface area (Å²) in [5.74, 6) is 1.02. The highest BCUT2D eigenvalue weighted by Crippen LogP contribution is 2.32. The van der Waals surface area contributed by atoms with Crippen molar-refractivity contribution in [2.45, 2.75) is 37.8 Å². The first-order valence-electron chi connectivity index (χ1n) is 6.47. The third kappa shape index (κ3) is 2.35. The molecule has 86 valence electrons. The lowest BCUT2D eigenvalue weighted by molar-refractivity contribution is 0.00358. The van der Waals surface area contributed by atoms with Crippen LogP contribution in [0.15, 0.2) is 0 Å². The minimum absolute atomic E-state index is 0.812. The third-order valence-corrected chi connectivity index (χ3v) is 4.05. The molecule has 0 atom stereocenters. The first-order chi connectivity index (χ1) is 7.43. The smallest absolute Gasteiger partial charge is 0.0480 e. The summed E-state index contributed by atoms with van der Waals surface area (Å²) in [6.07, 6.45) is 5.45. The summed E-state index contributed by atoms with van der Waals surface area (Å²) in [5.41, 5.74) is 0. The van der Waals surface area contributed by atoms with E-state index in [1.807, 2.05) is 0 Å². The van der Waals surface area contributed by atoms with E-state index in [2.05, 4.69) is 10.2 Å². The number of hydrogen-bond acceptors (Lipinski definition) is 3. The van der Waals surface area contributed by atoms with Gasteiger partial charge in [0.05, 0.1) is 0 Å². The lowest BCUT2D eigenvalue weighted by Crippen LogP contribution is -2.61. The van der Waals surface area contributed by atoms with Gasteiger partial charge in [0.2, 0.25) is 0 Å². The Balaban J connectivity index is 1.58. The number of nitrogens with one attached hydrogen (secondary N) is 1. The van der Waals surface area contributed by atoms with Gasteiger partial charge >= 0.3 is 0 Å². The fraction of sp³-hybridized carbons (Fsp3) is 1.00. The van der Waals surface area contributed by atoms with Crippen molar-refractivity contribution >= 4 is 0 Å². The molecule has 2 saturated heterocycles. The van der Waals surface area contributed by atoms with Crippen LogP contribution in [0.4, 0.5) is 0 Å². The van der Waals surface area contributed by atoms with Crippen molar-refractivity contribution in [2.75, 3.05) is 32.8 Å². The highest BCUT2D eigenvalue weighted by Gasteiger charge is 2.35. The molecular weight excluding hydrogens is 188 g/mol. The van der Waals surface area contributed by atoms with Gasteiger partial charge in [0, 0.05) is 44.9 Å². The van der Waals surface area contributed by atoms with Gasteiger partial charge in [-0.2, -0.15) is 0 Å². The first kappa shape index (κ1) is 10.1. The van der Waals surface area contributed by atoms with Crippen LogP contribution < -0.4 is 5.32 Å². The maximum Gasteiger partial charge on any atom is 0.0480 e. The molecule has 0 aromatic heterocycles. The van der Waals surface area contributed by atoms with E-state index in [9.17, 15) is 0 Å². The summed E-state index contributed by atoms with van der Waals surface area (Å²) < 4.78 is 5.46. The molecule has 0 aromatic rings. The molecule has 3 nitrogen and oxygen atoms in total. The zero-order valence-corrected chi connectivity index (χ0v) is 9.45. The van der Waals surface area contributed by atoms with E-state index in [0.717, 1.165) is 31.2 Å². The molecule has 0 radical (unpaired) electrons. The van der Waals surface area contributed by atoms with Crippen LogP contribution in [-0.4, -0.2) is 49.8 Å². The molecule has 1 saturated carbocycles. The molecular formula is C12H22N2O. The quantitative estimate of drug-likeness (QED) is 0.744. The first-order valence-corrected chi connectivity index (χ1v) is 6.47. The zero-order chi connectivity index (χ0) is 10.1. The molecule has 0 bridgehead atoms. The minimum atomic E-state index is 0.812. The van der Waals surface area contributed by atoms with Gasteiger partial charge in [0.15, 0.2) is 0 Å². The van der Waals surface area contributed by atoms with Gasteiger partial charge < -0.3 is 10.1 Å². The monoisotopic (exact) mass is 210 g/mol. The fourth-order valence-corrected chi connectivity index (χ4v) is 2.72. The zero-order valence-electron chi connectivity index (χ0n) is 9.45. The van der Waals surface area contributed by atoms with Crippen LogP contribution >= 0.6 is 0 Å². The van der Waals surface area contributed by atoms with E-state index in [-0.39, 0.29) is 0 Å². The van der Waals surface area contributed by atoms with E-state index in [1.54, 1.807) is 0 Å². The third-order valence-electron chi connectivity index (χ3n) is 4.05. The number of nitrogens with zero attached hydrogens (tertiary/aromatic N) is 1. The average Bonchev–Trinajstić information content (AvgIpc) is 2.99. The summed E-state index contributed by atoms with van der Waals surface area (Å²) in [5, 5.41) is 3.40. The van der Waals surface area contributed by atoms with Crippen molar-refractivity contribution in [3.63, 3.8) is 0 Å². The Bertz CT molecular complexity index is 208. The Kier molecular flexibility index (Phi) is 2.95. The molecule has 15 heavy (non-hydrogen) atoms. The molecule has 1 N–H and O–H groups in total. The van der Waals surface area contributed by atoms with Crippen LogP contribution in [-0.2, 0) is 4.74 Å². The SMILES string of the molecule is C1CC(N(CC2CC2)C2CNC2)CCO1. The summed E-state index contributed by atoms with van der Waals surface area (Å²) in [6.45, 7) is 5.74. The maximum absolute atomic E-state index is 5.46. The van der Waals surface area contributed by atoms with Gasteiger partial charge in [-0.15, -0.1) is 0 Å². The Morgan fingerprint density at radius 3 is 2.27 bits per heavy atom. The van der Waals surface area contributed by atoms with E-state index in [4.69, 9.17) is 4.74 Å². The van der Waals surface area contributed by atoms with Crippen LogP contribution in [0, 0.1) is 5.92 Å². The van der Waals surface area contributed by atoms with Crippen molar-refractivity contribution in [3.8, 4) is 0 Å². The lowest BCUT2D eigenvalue weighted by atomic mass is 10.0. The molecule has 3 rings (SSSR count). The highest BCUT2D eigenvalue weighted by atomic mass is 16.5. The summed E-state index contributed by atoms with van der Waals surface area (Å²) >= 11 is 0. The maximum atomic E-state index is 5.46. The Morgan fingerprint density at radius 1 is 1.00 bits per heavy atom. The van der Waals surface area contributed by atoms with E-state index in [1.165, 1.54) is 45.3 Å². The Hall–Kier alpha value is -0.120. The molecule has 2 heterocycles. The predicted molar refractivity (Wildman–Crippen MR) is 59.9 cm³/mol. The Morgan fingerprint density at radius 2 is 1.73 bits per heavy atom. The molecule has 3 heteroatoms. The predicted octanol–water partition coefficient (Wildman–Crippen LogP) is 0.849. The topological polar surface area (TPSA) is 24.5 Å². The van der Waals surface area contributed by atoms with E-state index in [0.29, 0.717) is 0 Å². The van der Waals surface area contributed by atoms with E-state index >= 15 is 0 Å². The van der Waals surface area contributed by atoms with Crippen LogP contribution in [0.5, 0.6) is 0 Å². The number of ether oxygens (including phenoxy) is 1. The van der Waals surface area contributed by atoms with Crippen LogP contribution in [0.2, 0.25) is 0 Å². The van der Waals surface area contributed by atoms with E-state index < -0.39 is 0 Å². The Labute approximate surface area is 92.2 Å². The molecule has 0 aromatic carbocycles. The van der Waals surface area contributed by atoms with Crippen LogP contribution in [0.1, 0.15) is 25.7 Å². The van der Waals surface area contributed by atoms with Crippen LogP contribution in [0.25, 0.3) is 0 Å². The van der Waals surface area contributed by atoms with Gasteiger partial charge in [-0.1, -0.05) is 0 Å². The second kappa shape index (κ2) is 4.40. The van der Waals surface area contributed by atoms with Gasteiger partial charge in [-0.3, -0.25) is 4.90 Å². The summed E-state index contributed by atoms with van der Waals surface area (Å²) in [6, 6.07) is 1.64. The van der Waals surface area contributed by atoms with Gasteiger partial charge in [0.25, 0.3) is 0 Å². The van der Waals surface area contributed by atoms with Crippen LogP contribution in [0.3, 0.4) is 0 Å². The number of rotatable bonds is 4. The summed E-state index contributed by atoms with van der Waals surface area (Å²) in [4.78, 5) is 2.79. The van der Waals surface area contributed by atoms with Crippen molar-refractivity contribution < 1.29 is 4.74 Å². The largest absolute Gasteiger partial charge is 0.381 e. The molecule has 0 amide bonds. The molecule has 3 aliphatic rings. The van der Waals surface area contributed by atoms with Crippen molar-refractivity contribution in [1.29, 1.82) is 0 Å².